The van der Waals surface area contributed by atoms with E-state index in [0.29, 0.717) is 6.42 Å². The number of benzene rings is 1. The minimum absolute atomic E-state index is 0.152. The Bertz CT molecular complexity index is 525. The highest BCUT2D eigenvalue weighted by atomic mass is 35.5. The molecule has 0 aliphatic heterocycles. The van der Waals surface area contributed by atoms with E-state index in [1.54, 1.807) is 6.92 Å². The maximum absolute atomic E-state index is 11.8. The summed E-state index contributed by atoms with van der Waals surface area (Å²) in [7, 11) is 0. The van der Waals surface area contributed by atoms with Gasteiger partial charge in [-0.05, 0) is 18.6 Å². The molecule has 0 heterocycles. The number of hydrogen-bond acceptors (Lipinski definition) is 4. The Kier molecular flexibility index (Phi) is 4.63. The van der Waals surface area contributed by atoms with Gasteiger partial charge in [0.2, 0.25) is 0 Å². The molecule has 1 amide bonds. The largest absolute Gasteiger partial charge is 0.336 e. The van der Waals surface area contributed by atoms with E-state index in [1.165, 1.54) is 12.1 Å². The molecule has 0 spiro atoms. The number of nitrogens with one attached hydrogen (secondary N) is 1. The van der Waals surface area contributed by atoms with Crippen molar-refractivity contribution < 1.29 is 9.72 Å². The van der Waals surface area contributed by atoms with Gasteiger partial charge in [-0.1, -0.05) is 18.5 Å². The fourth-order valence-electron chi connectivity index (χ4n) is 1.31. The third kappa shape index (κ3) is 3.18. The number of nitrogens with zero attached hydrogens (tertiary/aromatic N) is 2. The Morgan fingerprint density at radius 1 is 1.67 bits per heavy atom. The van der Waals surface area contributed by atoms with Crippen LogP contribution in [0.5, 0.6) is 0 Å². The van der Waals surface area contributed by atoms with Gasteiger partial charge in [-0.25, -0.2) is 0 Å². The summed E-state index contributed by atoms with van der Waals surface area (Å²) < 4.78 is 0. The van der Waals surface area contributed by atoms with Crippen LogP contribution in [0, 0.1) is 21.4 Å². The molecule has 0 aromatic heterocycles. The molecule has 1 aromatic carbocycles. The van der Waals surface area contributed by atoms with Crippen molar-refractivity contribution in [1.82, 2.24) is 5.32 Å². The number of nitro groups is 1. The Morgan fingerprint density at radius 3 is 2.83 bits per heavy atom. The molecule has 0 bridgehead atoms. The van der Waals surface area contributed by atoms with Crippen LogP contribution in [-0.4, -0.2) is 16.9 Å². The number of nitriles is 1. The zero-order valence-corrected chi connectivity index (χ0v) is 10.3. The lowest BCUT2D eigenvalue weighted by Crippen LogP contribution is -2.33. The van der Waals surface area contributed by atoms with E-state index in [1.807, 2.05) is 6.07 Å². The van der Waals surface area contributed by atoms with Crippen molar-refractivity contribution in [3.05, 3.63) is 38.9 Å². The van der Waals surface area contributed by atoms with E-state index in [0.717, 1.165) is 6.07 Å². The van der Waals surface area contributed by atoms with Gasteiger partial charge in [-0.15, -0.1) is 0 Å². The van der Waals surface area contributed by atoms with Gasteiger partial charge in [0.1, 0.15) is 11.6 Å². The van der Waals surface area contributed by atoms with Crippen LogP contribution in [-0.2, 0) is 0 Å². The Balaban J connectivity index is 3.08. The minimum atomic E-state index is -0.684. The molecule has 18 heavy (non-hydrogen) atoms. The first-order valence-corrected chi connectivity index (χ1v) is 5.51. The van der Waals surface area contributed by atoms with Crippen molar-refractivity contribution in [2.75, 3.05) is 0 Å². The summed E-state index contributed by atoms with van der Waals surface area (Å²) in [5, 5.41) is 22.1. The normalized spacial score (nSPS) is 11.4. The van der Waals surface area contributed by atoms with Gasteiger partial charge in [0, 0.05) is 11.1 Å². The molecule has 0 saturated carbocycles. The Hall–Kier alpha value is -2.13. The first-order valence-electron chi connectivity index (χ1n) is 5.14. The van der Waals surface area contributed by atoms with Gasteiger partial charge in [0.15, 0.2) is 0 Å². The molecule has 7 heteroatoms. The summed E-state index contributed by atoms with van der Waals surface area (Å²) in [5.41, 5.74) is -0.495. The summed E-state index contributed by atoms with van der Waals surface area (Å²) in [5.74, 6) is -0.683. The molecular formula is C11H10ClN3O3. The first kappa shape index (κ1) is 13.9. The molecule has 0 saturated heterocycles. The minimum Gasteiger partial charge on any atom is -0.336 e. The lowest BCUT2D eigenvalue weighted by molar-refractivity contribution is -0.385. The van der Waals surface area contributed by atoms with Gasteiger partial charge < -0.3 is 5.32 Å². The predicted octanol–water partition coefficient (Wildman–Crippen LogP) is 2.28. The fraction of sp³-hybridized carbons (Fsp3) is 0.273. The number of rotatable bonds is 4. The van der Waals surface area contributed by atoms with Gasteiger partial charge in [-0.3, -0.25) is 14.9 Å². The SMILES string of the molecule is CCC(C#N)NC(=O)c1cc(Cl)ccc1[N+](=O)[O-]. The molecule has 94 valence electrons. The van der Waals surface area contributed by atoms with Crippen molar-refractivity contribution in [1.29, 1.82) is 5.26 Å². The van der Waals surface area contributed by atoms with Gasteiger partial charge in [-0.2, -0.15) is 5.26 Å². The first-order chi connectivity index (χ1) is 8.49. The average Bonchev–Trinajstić information content (AvgIpc) is 2.35. The smallest absolute Gasteiger partial charge is 0.282 e. The van der Waals surface area contributed by atoms with E-state index in [9.17, 15) is 14.9 Å². The number of carbonyl (C=O) groups is 1. The molecule has 1 rings (SSSR count). The maximum Gasteiger partial charge on any atom is 0.282 e. The van der Waals surface area contributed by atoms with E-state index in [-0.39, 0.29) is 16.3 Å². The highest BCUT2D eigenvalue weighted by molar-refractivity contribution is 6.31. The van der Waals surface area contributed by atoms with Crippen LogP contribution >= 0.6 is 11.6 Å². The molecule has 0 radical (unpaired) electrons. The highest BCUT2D eigenvalue weighted by Gasteiger charge is 2.22. The molecular weight excluding hydrogens is 258 g/mol. The average molecular weight is 268 g/mol. The van der Waals surface area contributed by atoms with Gasteiger partial charge in [0.05, 0.1) is 11.0 Å². The summed E-state index contributed by atoms with van der Waals surface area (Å²) in [6.07, 6.45) is 0.413. The summed E-state index contributed by atoms with van der Waals surface area (Å²) >= 11 is 5.70. The Morgan fingerprint density at radius 2 is 2.33 bits per heavy atom. The summed E-state index contributed by atoms with van der Waals surface area (Å²) in [6.45, 7) is 1.72. The van der Waals surface area contributed by atoms with Crippen LogP contribution in [0.4, 0.5) is 5.69 Å². The standard InChI is InChI=1S/C11H10ClN3O3/c1-2-8(6-13)14-11(16)9-5-7(12)3-4-10(9)15(17)18/h3-5,8H,2H2,1H3,(H,14,16). The van der Waals surface area contributed by atoms with Crippen LogP contribution in [0.15, 0.2) is 18.2 Å². The van der Waals surface area contributed by atoms with Gasteiger partial charge in [0.25, 0.3) is 11.6 Å². The molecule has 1 N–H and O–H groups in total. The van der Waals surface area contributed by atoms with Gasteiger partial charge >= 0.3 is 0 Å². The van der Waals surface area contributed by atoms with Crippen LogP contribution in [0.3, 0.4) is 0 Å². The lowest BCUT2D eigenvalue weighted by Gasteiger charge is -2.09. The highest BCUT2D eigenvalue weighted by Crippen LogP contribution is 2.22. The quantitative estimate of drug-likeness (QED) is 0.668. The Labute approximate surface area is 108 Å². The van der Waals surface area contributed by atoms with Crippen molar-refractivity contribution in [2.24, 2.45) is 0 Å². The molecule has 0 fully saturated rings. The maximum atomic E-state index is 11.8. The van der Waals surface area contributed by atoms with Crippen molar-refractivity contribution in [3.8, 4) is 6.07 Å². The zero-order chi connectivity index (χ0) is 13.7. The van der Waals surface area contributed by atoms with Crippen molar-refractivity contribution in [3.63, 3.8) is 0 Å². The van der Waals surface area contributed by atoms with E-state index >= 15 is 0 Å². The summed E-state index contributed by atoms with van der Waals surface area (Å²) in [4.78, 5) is 21.9. The second-order valence-electron chi connectivity index (χ2n) is 3.48. The zero-order valence-electron chi connectivity index (χ0n) is 9.51. The molecule has 1 unspecified atom stereocenters. The van der Waals surface area contributed by atoms with E-state index < -0.39 is 16.9 Å². The summed E-state index contributed by atoms with van der Waals surface area (Å²) in [6, 6.07) is 4.89. The predicted molar refractivity (Wildman–Crippen MR) is 65.3 cm³/mol. The molecule has 0 aliphatic rings. The molecule has 1 atom stereocenters. The third-order valence-electron chi connectivity index (χ3n) is 2.27. The van der Waals surface area contributed by atoms with E-state index in [4.69, 9.17) is 16.9 Å². The van der Waals surface area contributed by atoms with Crippen LogP contribution < -0.4 is 5.32 Å². The van der Waals surface area contributed by atoms with E-state index in [2.05, 4.69) is 5.32 Å². The van der Waals surface area contributed by atoms with Crippen LogP contribution in [0.25, 0.3) is 0 Å². The number of hydrogen-bond donors (Lipinski definition) is 1. The number of carbonyl (C=O) groups excluding carboxylic acids is 1. The molecule has 1 aromatic rings. The van der Waals surface area contributed by atoms with Crippen molar-refractivity contribution in [2.45, 2.75) is 19.4 Å². The monoisotopic (exact) mass is 267 g/mol. The number of amides is 1. The second-order valence-corrected chi connectivity index (χ2v) is 3.92. The second kappa shape index (κ2) is 5.98. The van der Waals surface area contributed by atoms with Crippen LogP contribution in [0.2, 0.25) is 5.02 Å². The number of nitro benzene ring substituents is 1. The van der Waals surface area contributed by atoms with Crippen molar-refractivity contribution >= 4 is 23.2 Å². The lowest BCUT2D eigenvalue weighted by atomic mass is 10.1. The van der Waals surface area contributed by atoms with Crippen LogP contribution in [0.1, 0.15) is 23.7 Å². The number of halogens is 1. The molecule has 6 nitrogen and oxygen atoms in total. The molecule has 0 aliphatic carbocycles. The fourth-order valence-corrected chi connectivity index (χ4v) is 1.48. The topological polar surface area (TPSA) is 96.0 Å². The third-order valence-corrected chi connectivity index (χ3v) is 2.50.